The van der Waals surface area contributed by atoms with Crippen molar-refractivity contribution in [1.82, 2.24) is 0 Å². The first-order chi connectivity index (χ1) is 6.95. The van der Waals surface area contributed by atoms with Crippen LogP contribution in [0.4, 0.5) is 4.39 Å². The molecule has 0 aromatic heterocycles. The molecule has 1 aromatic carbocycles. The van der Waals surface area contributed by atoms with E-state index in [9.17, 15) is 9.50 Å². The molecule has 84 valence electrons. The average molecular weight is 211 g/mol. The minimum atomic E-state index is -1.38. The van der Waals surface area contributed by atoms with E-state index in [0.717, 1.165) is 5.56 Å². The van der Waals surface area contributed by atoms with Gasteiger partial charge in [0, 0.05) is 0 Å². The second-order valence-electron chi connectivity index (χ2n) is 4.19. The molecule has 1 unspecified atom stereocenters. The Kier molecular flexibility index (Phi) is 3.83. The highest BCUT2D eigenvalue weighted by atomic mass is 19.1. The summed E-state index contributed by atoms with van der Waals surface area (Å²) in [6, 6.07) is 6.96. The van der Waals surface area contributed by atoms with Gasteiger partial charge in [0.05, 0.1) is 6.10 Å². The number of halogens is 1. The molecular formula is C12H18FNO. The van der Waals surface area contributed by atoms with Gasteiger partial charge in [0.2, 0.25) is 0 Å². The molecule has 0 radical (unpaired) electrons. The van der Waals surface area contributed by atoms with Crippen molar-refractivity contribution in [3.05, 3.63) is 35.4 Å². The second kappa shape index (κ2) is 4.73. The van der Waals surface area contributed by atoms with Crippen molar-refractivity contribution in [3.8, 4) is 0 Å². The Morgan fingerprint density at radius 2 is 2.13 bits per heavy atom. The van der Waals surface area contributed by atoms with Gasteiger partial charge in [0.25, 0.3) is 0 Å². The van der Waals surface area contributed by atoms with Gasteiger partial charge >= 0.3 is 0 Å². The summed E-state index contributed by atoms with van der Waals surface area (Å²) in [6.45, 7) is 3.42. The van der Waals surface area contributed by atoms with Crippen LogP contribution in [0.3, 0.4) is 0 Å². The van der Waals surface area contributed by atoms with Gasteiger partial charge in [-0.15, -0.1) is 0 Å². The smallest absolute Gasteiger partial charge is 0.130 e. The molecular weight excluding hydrogens is 193 g/mol. The van der Waals surface area contributed by atoms with E-state index >= 15 is 0 Å². The number of aliphatic hydroxyl groups is 1. The molecule has 0 amide bonds. The third kappa shape index (κ3) is 3.29. The molecule has 0 aliphatic heterocycles. The molecule has 1 atom stereocenters. The standard InChI is InChI=1S/C12H18FNO/c1-12(2,13)10-5-3-4-9(8-10)11(15)6-7-14/h3-5,8,11,15H,6-7,14H2,1-2H3. The molecule has 0 aliphatic rings. The lowest BCUT2D eigenvalue weighted by atomic mass is 9.96. The fourth-order valence-corrected chi connectivity index (χ4v) is 1.44. The summed E-state index contributed by atoms with van der Waals surface area (Å²) in [6.07, 6.45) is -0.104. The first-order valence-corrected chi connectivity index (χ1v) is 5.12. The lowest BCUT2D eigenvalue weighted by Crippen LogP contribution is -2.11. The molecule has 0 fully saturated rings. The second-order valence-corrected chi connectivity index (χ2v) is 4.19. The van der Waals surface area contributed by atoms with E-state index in [-0.39, 0.29) is 0 Å². The molecule has 2 nitrogen and oxygen atoms in total. The number of hydrogen-bond acceptors (Lipinski definition) is 2. The molecule has 15 heavy (non-hydrogen) atoms. The molecule has 1 aromatic rings. The van der Waals surface area contributed by atoms with Gasteiger partial charge in [0.1, 0.15) is 5.67 Å². The summed E-state index contributed by atoms with van der Waals surface area (Å²) in [5.74, 6) is 0. The van der Waals surface area contributed by atoms with Crippen molar-refractivity contribution < 1.29 is 9.50 Å². The zero-order valence-corrected chi connectivity index (χ0v) is 9.20. The Morgan fingerprint density at radius 3 is 2.67 bits per heavy atom. The van der Waals surface area contributed by atoms with Gasteiger partial charge in [-0.2, -0.15) is 0 Å². The highest BCUT2D eigenvalue weighted by Crippen LogP contribution is 2.27. The predicted molar refractivity (Wildman–Crippen MR) is 59.2 cm³/mol. The molecule has 0 spiro atoms. The number of hydrogen-bond donors (Lipinski definition) is 2. The number of rotatable bonds is 4. The van der Waals surface area contributed by atoms with E-state index in [1.807, 2.05) is 0 Å². The maximum absolute atomic E-state index is 13.6. The number of aliphatic hydroxyl groups excluding tert-OH is 1. The van der Waals surface area contributed by atoms with E-state index < -0.39 is 11.8 Å². The maximum Gasteiger partial charge on any atom is 0.130 e. The zero-order chi connectivity index (χ0) is 11.5. The molecule has 0 saturated heterocycles. The molecule has 0 saturated carbocycles. The first kappa shape index (κ1) is 12.1. The molecule has 1 rings (SSSR count). The van der Waals surface area contributed by atoms with Crippen molar-refractivity contribution in [3.63, 3.8) is 0 Å². The van der Waals surface area contributed by atoms with Gasteiger partial charge in [-0.05, 0) is 37.9 Å². The Balaban J connectivity index is 2.92. The molecule has 0 aliphatic carbocycles. The van der Waals surface area contributed by atoms with Gasteiger partial charge in [0.15, 0.2) is 0 Å². The monoisotopic (exact) mass is 211 g/mol. The van der Waals surface area contributed by atoms with Crippen LogP contribution in [0.2, 0.25) is 0 Å². The largest absolute Gasteiger partial charge is 0.388 e. The Hall–Kier alpha value is -0.930. The van der Waals surface area contributed by atoms with Crippen LogP contribution in [0.15, 0.2) is 24.3 Å². The number of alkyl halides is 1. The maximum atomic E-state index is 13.6. The molecule has 0 bridgehead atoms. The van der Waals surface area contributed by atoms with Crippen molar-refractivity contribution in [2.24, 2.45) is 5.73 Å². The van der Waals surface area contributed by atoms with Gasteiger partial charge < -0.3 is 10.8 Å². The minimum absolute atomic E-state index is 0.421. The molecule has 3 heteroatoms. The summed E-state index contributed by atoms with van der Waals surface area (Å²) >= 11 is 0. The van der Waals surface area contributed by atoms with Crippen LogP contribution in [-0.2, 0) is 5.67 Å². The van der Waals surface area contributed by atoms with Crippen LogP contribution in [-0.4, -0.2) is 11.7 Å². The van der Waals surface area contributed by atoms with Gasteiger partial charge in [-0.1, -0.05) is 24.3 Å². The fourth-order valence-electron chi connectivity index (χ4n) is 1.44. The third-order valence-electron chi connectivity index (χ3n) is 2.40. The van der Waals surface area contributed by atoms with Crippen LogP contribution >= 0.6 is 0 Å². The van der Waals surface area contributed by atoms with E-state index in [1.165, 1.54) is 13.8 Å². The average Bonchev–Trinajstić information content (AvgIpc) is 2.17. The van der Waals surface area contributed by atoms with Gasteiger partial charge in [-0.25, -0.2) is 4.39 Å². The Bertz CT molecular complexity index is 320. The highest BCUT2D eigenvalue weighted by Gasteiger charge is 2.19. The van der Waals surface area contributed by atoms with Crippen LogP contribution in [0.1, 0.15) is 37.5 Å². The molecule has 3 N–H and O–H groups in total. The minimum Gasteiger partial charge on any atom is -0.388 e. The van der Waals surface area contributed by atoms with Crippen molar-refractivity contribution in [1.29, 1.82) is 0 Å². The number of nitrogens with two attached hydrogens (primary N) is 1. The first-order valence-electron chi connectivity index (χ1n) is 5.12. The quantitative estimate of drug-likeness (QED) is 0.802. The van der Waals surface area contributed by atoms with Crippen LogP contribution in [0, 0.1) is 0 Å². The van der Waals surface area contributed by atoms with Crippen molar-refractivity contribution in [2.75, 3.05) is 6.54 Å². The predicted octanol–water partition coefficient (Wildman–Crippen LogP) is 2.27. The Morgan fingerprint density at radius 1 is 1.47 bits per heavy atom. The summed E-state index contributed by atoms with van der Waals surface area (Å²) in [7, 11) is 0. The fraction of sp³-hybridized carbons (Fsp3) is 0.500. The van der Waals surface area contributed by atoms with Crippen LogP contribution < -0.4 is 5.73 Å². The van der Waals surface area contributed by atoms with Crippen molar-refractivity contribution in [2.45, 2.75) is 32.0 Å². The SMILES string of the molecule is CC(C)(F)c1cccc(C(O)CCN)c1. The lowest BCUT2D eigenvalue weighted by molar-refractivity contribution is 0.169. The normalized spacial score (nSPS) is 13.9. The zero-order valence-electron chi connectivity index (χ0n) is 9.20. The van der Waals surface area contributed by atoms with E-state index in [4.69, 9.17) is 5.73 Å². The summed E-state index contributed by atoms with van der Waals surface area (Å²) in [5.41, 5.74) is 5.29. The lowest BCUT2D eigenvalue weighted by Gasteiger charge is -2.17. The van der Waals surface area contributed by atoms with Crippen LogP contribution in [0.5, 0.6) is 0 Å². The van der Waals surface area contributed by atoms with E-state index in [1.54, 1.807) is 24.3 Å². The highest BCUT2D eigenvalue weighted by molar-refractivity contribution is 5.28. The third-order valence-corrected chi connectivity index (χ3v) is 2.40. The van der Waals surface area contributed by atoms with Crippen molar-refractivity contribution >= 4 is 0 Å². The van der Waals surface area contributed by atoms with Crippen LogP contribution in [0.25, 0.3) is 0 Å². The number of benzene rings is 1. The van der Waals surface area contributed by atoms with E-state index in [2.05, 4.69) is 0 Å². The topological polar surface area (TPSA) is 46.2 Å². The summed E-state index contributed by atoms with van der Waals surface area (Å²) < 4.78 is 13.6. The van der Waals surface area contributed by atoms with Gasteiger partial charge in [-0.3, -0.25) is 0 Å². The summed E-state index contributed by atoms with van der Waals surface area (Å²) in [5, 5.41) is 9.71. The Labute approximate surface area is 89.9 Å². The molecule has 0 heterocycles. The van der Waals surface area contributed by atoms with E-state index in [0.29, 0.717) is 18.5 Å². The summed E-state index contributed by atoms with van der Waals surface area (Å²) in [4.78, 5) is 0.